The predicted molar refractivity (Wildman–Crippen MR) is 78.1 cm³/mol. The third-order valence-corrected chi connectivity index (χ3v) is 4.14. The number of benzene rings is 1. The van der Waals surface area contributed by atoms with E-state index >= 15 is 0 Å². The summed E-state index contributed by atoms with van der Waals surface area (Å²) in [5.41, 5.74) is 1.07. The second kappa shape index (κ2) is 6.29. The number of hydrogen-bond donors (Lipinski definition) is 2. The van der Waals surface area contributed by atoms with Gasteiger partial charge in [0.15, 0.2) is 0 Å². The number of carboxylic acids is 1. The summed E-state index contributed by atoms with van der Waals surface area (Å²) in [5, 5.41) is 12.7. The molecule has 0 amide bonds. The van der Waals surface area contributed by atoms with Crippen molar-refractivity contribution in [2.75, 3.05) is 5.32 Å². The van der Waals surface area contributed by atoms with Crippen molar-refractivity contribution in [3.05, 3.63) is 28.8 Å². The van der Waals surface area contributed by atoms with E-state index in [9.17, 15) is 4.79 Å². The molecule has 0 aromatic heterocycles. The molecule has 3 nitrogen and oxygen atoms in total. The van der Waals surface area contributed by atoms with Crippen LogP contribution in [0.3, 0.4) is 0 Å². The van der Waals surface area contributed by atoms with Crippen LogP contribution in [0.15, 0.2) is 18.2 Å². The van der Waals surface area contributed by atoms with Crippen molar-refractivity contribution in [2.45, 2.75) is 45.1 Å². The fourth-order valence-electron chi connectivity index (χ4n) is 2.65. The number of nitrogens with one attached hydrogen (secondary N) is 1. The highest BCUT2D eigenvalue weighted by molar-refractivity contribution is 6.33. The van der Waals surface area contributed by atoms with Gasteiger partial charge in [0.25, 0.3) is 0 Å². The summed E-state index contributed by atoms with van der Waals surface area (Å²) < 4.78 is 0. The predicted octanol–water partition coefficient (Wildman–Crippen LogP) is 4.42. The minimum atomic E-state index is -0.986. The van der Waals surface area contributed by atoms with Crippen LogP contribution in [0.4, 0.5) is 5.69 Å². The van der Waals surface area contributed by atoms with Crippen molar-refractivity contribution >= 4 is 23.3 Å². The van der Waals surface area contributed by atoms with E-state index in [1.807, 2.05) is 0 Å². The van der Waals surface area contributed by atoms with Gasteiger partial charge in [-0.2, -0.15) is 0 Å². The zero-order valence-corrected chi connectivity index (χ0v) is 11.9. The molecule has 104 valence electrons. The highest BCUT2D eigenvalue weighted by atomic mass is 35.5. The van der Waals surface area contributed by atoms with E-state index in [1.165, 1.54) is 32.1 Å². The first-order valence-corrected chi connectivity index (χ1v) is 7.23. The summed E-state index contributed by atoms with van der Waals surface area (Å²) >= 11 is 5.98. The van der Waals surface area contributed by atoms with Gasteiger partial charge < -0.3 is 10.4 Å². The molecule has 1 aromatic rings. The third kappa shape index (κ3) is 3.87. The topological polar surface area (TPSA) is 49.3 Å². The van der Waals surface area contributed by atoms with Gasteiger partial charge in [-0.25, -0.2) is 4.79 Å². The Bertz CT molecular complexity index is 461. The van der Waals surface area contributed by atoms with E-state index < -0.39 is 5.97 Å². The number of aromatic carboxylic acids is 1. The van der Waals surface area contributed by atoms with Gasteiger partial charge in [0.05, 0.1) is 10.6 Å². The molecule has 0 bridgehead atoms. The minimum absolute atomic E-state index is 0.154. The Hall–Kier alpha value is -1.22. The molecule has 2 unspecified atom stereocenters. The molecule has 1 aliphatic rings. The van der Waals surface area contributed by atoms with Gasteiger partial charge in [0.2, 0.25) is 0 Å². The van der Waals surface area contributed by atoms with Gasteiger partial charge in [0, 0.05) is 11.7 Å². The molecular weight excluding hydrogens is 262 g/mol. The summed E-state index contributed by atoms with van der Waals surface area (Å²) in [7, 11) is 0. The van der Waals surface area contributed by atoms with Gasteiger partial charge in [0.1, 0.15) is 0 Å². The van der Waals surface area contributed by atoms with Crippen LogP contribution >= 0.6 is 11.6 Å². The average molecular weight is 282 g/mol. The maximum atomic E-state index is 10.9. The second-order valence-electron chi connectivity index (χ2n) is 5.45. The molecule has 0 aliphatic heterocycles. The first kappa shape index (κ1) is 14.2. The van der Waals surface area contributed by atoms with Crippen molar-refractivity contribution in [1.82, 2.24) is 0 Å². The number of carbonyl (C=O) groups is 1. The Morgan fingerprint density at radius 1 is 1.32 bits per heavy atom. The van der Waals surface area contributed by atoms with E-state index in [0.717, 1.165) is 11.6 Å². The second-order valence-corrected chi connectivity index (χ2v) is 5.86. The third-order valence-electron chi connectivity index (χ3n) is 3.83. The summed E-state index contributed by atoms with van der Waals surface area (Å²) in [6, 6.07) is 5.53. The normalized spacial score (nSPS) is 23.7. The average Bonchev–Trinajstić information content (AvgIpc) is 2.54. The summed E-state index contributed by atoms with van der Waals surface area (Å²) in [5.74, 6) is -0.176. The van der Waals surface area contributed by atoms with Crippen LogP contribution in [-0.2, 0) is 0 Å². The SMILES string of the molecule is CC1CCCC(Nc2ccc(C(=O)O)c(Cl)c2)CC1. The number of halogens is 1. The maximum Gasteiger partial charge on any atom is 0.337 e. The lowest BCUT2D eigenvalue weighted by molar-refractivity contribution is 0.0697. The van der Waals surface area contributed by atoms with Crippen LogP contribution in [0, 0.1) is 5.92 Å². The molecule has 1 aliphatic carbocycles. The molecular formula is C15H20ClNO2. The molecule has 2 N–H and O–H groups in total. The fourth-order valence-corrected chi connectivity index (χ4v) is 2.91. The molecule has 2 rings (SSSR count). The smallest absolute Gasteiger partial charge is 0.337 e. The molecule has 0 radical (unpaired) electrons. The van der Waals surface area contributed by atoms with Gasteiger partial charge >= 0.3 is 5.97 Å². The van der Waals surface area contributed by atoms with Crippen LogP contribution in [0.2, 0.25) is 5.02 Å². The molecule has 2 atom stereocenters. The molecule has 0 heterocycles. The number of carboxylic acid groups (broad SMARTS) is 1. The Labute approximate surface area is 119 Å². The largest absolute Gasteiger partial charge is 0.478 e. The van der Waals surface area contributed by atoms with E-state index in [2.05, 4.69) is 12.2 Å². The lowest BCUT2D eigenvalue weighted by Gasteiger charge is -2.18. The van der Waals surface area contributed by atoms with Gasteiger partial charge in [-0.3, -0.25) is 0 Å². The van der Waals surface area contributed by atoms with Gasteiger partial charge in [-0.05, 0) is 43.4 Å². The van der Waals surface area contributed by atoms with Crippen molar-refractivity contribution in [3.8, 4) is 0 Å². The van der Waals surface area contributed by atoms with Crippen molar-refractivity contribution in [2.24, 2.45) is 5.92 Å². The van der Waals surface area contributed by atoms with E-state index in [1.54, 1.807) is 18.2 Å². The van der Waals surface area contributed by atoms with Crippen LogP contribution in [-0.4, -0.2) is 17.1 Å². The zero-order valence-electron chi connectivity index (χ0n) is 11.2. The zero-order chi connectivity index (χ0) is 13.8. The molecule has 1 saturated carbocycles. The Kier molecular flexibility index (Phi) is 4.70. The lowest BCUT2D eigenvalue weighted by Crippen LogP contribution is -2.18. The summed E-state index contributed by atoms with van der Waals surface area (Å²) in [4.78, 5) is 10.9. The van der Waals surface area contributed by atoms with E-state index in [4.69, 9.17) is 16.7 Å². The Morgan fingerprint density at radius 2 is 2.11 bits per heavy atom. The minimum Gasteiger partial charge on any atom is -0.478 e. The van der Waals surface area contributed by atoms with Crippen LogP contribution < -0.4 is 5.32 Å². The van der Waals surface area contributed by atoms with Crippen LogP contribution in [0.5, 0.6) is 0 Å². The number of rotatable bonds is 3. The highest BCUT2D eigenvalue weighted by Gasteiger charge is 2.16. The number of hydrogen-bond acceptors (Lipinski definition) is 2. The van der Waals surface area contributed by atoms with Gasteiger partial charge in [-0.15, -0.1) is 0 Å². The van der Waals surface area contributed by atoms with Crippen molar-refractivity contribution < 1.29 is 9.90 Å². The highest BCUT2D eigenvalue weighted by Crippen LogP contribution is 2.27. The van der Waals surface area contributed by atoms with Crippen molar-refractivity contribution in [3.63, 3.8) is 0 Å². The van der Waals surface area contributed by atoms with Crippen molar-refractivity contribution in [1.29, 1.82) is 0 Å². The maximum absolute atomic E-state index is 10.9. The first-order valence-electron chi connectivity index (χ1n) is 6.85. The van der Waals surface area contributed by atoms with Crippen LogP contribution in [0.25, 0.3) is 0 Å². The molecule has 1 aromatic carbocycles. The summed E-state index contributed by atoms with van der Waals surface area (Å²) in [6.45, 7) is 2.31. The first-order chi connectivity index (χ1) is 9.06. The fraction of sp³-hybridized carbons (Fsp3) is 0.533. The summed E-state index contributed by atoms with van der Waals surface area (Å²) in [6.07, 6.45) is 6.14. The monoisotopic (exact) mass is 281 g/mol. The molecule has 1 fully saturated rings. The lowest BCUT2D eigenvalue weighted by atomic mass is 10.0. The molecule has 0 saturated heterocycles. The molecule has 4 heteroatoms. The quantitative estimate of drug-likeness (QED) is 0.807. The number of anilines is 1. The molecule has 0 spiro atoms. The van der Waals surface area contributed by atoms with E-state index in [-0.39, 0.29) is 5.56 Å². The molecule has 19 heavy (non-hydrogen) atoms. The Balaban J connectivity index is 2.03. The standard InChI is InChI=1S/C15H20ClNO2/c1-10-3-2-4-11(6-5-10)17-12-7-8-13(15(18)19)14(16)9-12/h7-11,17H,2-6H2,1H3,(H,18,19). The van der Waals surface area contributed by atoms with E-state index in [0.29, 0.717) is 11.1 Å². The van der Waals surface area contributed by atoms with Crippen LogP contribution in [0.1, 0.15) is 49.4 Å². The Morgan fingerprint density at radius 3 is 2.79 bits per heavy atom. The van der Waals surface area contributed by atoms with Gasteiger partial charge in [-0.1, -0.05) is 31.4 Å².